The first-order valence-corrected chi connectivity index (χ1v) is 4.92. The van der Waals surface area contributed by atoms with Crippen molar-refractivity contribution in [3.8, 4) is 0 Å². The van der Waals surface area contributed by atoms with Gasteiger partial charge in [-0.1, -0.05) is 18.2 Å². The maximum Gasteiger partial charge on any atom is 0.319 e. The van der Waals surface area contributed by atoms with E-state index in [1.54, 1.807) is 31.2 Å². The summed E-state index contributed by atoms with van der Waals surface area (Å²) in [5.41, 5.74) is 0.669. The molecule has 0 radical (unpaired) electrons. The van der Waals surface area contributed by atoms with Crippen LogP contribution in [0.3, 0.4) is 0 Å². The summed E-state index contributed by atoms with van der Waals surface area (Å²) < 4.78 is 0. The van der Waals surface area contributed by atoms with Gasteiger partial charge in [0.15, 0.2) is 0 Å². The third kappa shape index (κ3) is 4.45. The highest BCUT2D eigenvalue weighted by atomic mass is 16.4. The topological polar surface area (TPSA) is 78.4 Å². The fraction of sp³-hybridized carbons (Fsp3) is 0.273. The molecule has 1 aromatic rings. The number of carbonyl (C=O) groups excluding carboxylic acids is 1. The molecule has 5 nitrogen and oxygen atoms in total. The molecule has 0 heterocycles. The molecule has 0 fully saturated rings. The average molecular weight is 222 g/mol. The van der Waals surface area contributed by atoms with Gasteiger partial charge < -0.3 is 15.7 Å². The second kappa shape index (κ2) is 5.75. The highest BCUT2D eigenvalue weighted by Gasteiger charge is 2.10. The van der Waals surface area contributed by atoms with Crippen molar-refractivity contribution >= 4 is 17.7 Å². The van der Waals surface area contributed by atoms with E-state index < -0.39 is 18.0 Å². The minimum atomic E-state index is -0.937. The number of nitrogens with one attached hydrogen (secondary N) is 2. The maximum absolute atomic E-state index is 11.4. The quantitative estimate of drug-likeness (QED) is 0.725. The second-order valence-corrected chi connectivity index (χ2v) is 3.46. The van der Waals surface area contributed by atoms with E-state index in [9.17, 15) is 9.59 Å². The Morgan fingerprint density at radius 2 is 1.94 bits per heavy atom. The Morgan fingerprint density at radius 3 is 2.50 bits per heavy atom. The molecule has 16 heavy (non-hydrogen) atoms. The van der Waals surface area contributed by atoms with Crippen LogP contribution >= 0.6 is 0 Å². The van der Waals surface area contributed by atoms with Gasteiger partial charge in [0, 0.05) is 11.7 Å². The van der Waals surface area contributed by atoms with Crippen LogP contribution in [-0.2, 0) is 4.79 Å². The lowest BCUT2D eigenvalue weighted by atomic mass is 10.2. The summed E-state index contributed by atoms with van der Waals surface area (Å²) in [5, 5.41) is 13.6. The highest BCUT2D eigenvalue weighted by molar-refractivity contribution is 5.89. The Balaban J connectivity index is 2.39. The average Bonchev–Trinajstić information content (AvgIpc) is 2.17. The molecule has 1 aromatic carbocycles. The second-order valence-electron chi connectivity index (χ2n) is 3.46. The van der Waals surface area contributed by atoms with Crippen molar-refractivity contribution in [2.24, 2.45) is 0 Å². The summed E-state index contributed by atoms with van der Waals surface area (Å²) in [6.07, 6.45) is -0.0950. The standard InChI is InChI=1S/C11H14N2O3/c1-8(7-10(14)15)12-11(16)13-9-5-3-2-4-6-9/h2-6,8H,7H2,1H3,(H,14,15)(H2,12,13,16)/t8-/m0/s1. The van der Waals surface area contributed by atoms with Crippen LogP contribution in [0.2, 0.25) is 0 Å². The number of carboxylic acids is 1. The van der Waals surface area contributed by atoms with Crippen molar-refractivity contribution in [1.29, 1.82) is 0 Å². The monoisotopic (exact) mass is 222 g/mol. The van der Waals surface area contributed by atoms with Crippen LogP contribution < -0.4 is 10.6 Å². The Morgan fingerprint density at radius 1 is 1.31 bits per heavy atom. The summed E-state index contributed by atoms with van der Waals surface area (Å²) >= 11 is 0. The summed E-state index contributed by atoms with van der Waals surface area (Å²) in [5.74, 6) is -0.937. The molecule has 2 amide bonds. The zero-order valence-electron chi connectivity index (χ0n) is 8.93. The molecule has 86 valence electrons. The Labute approximate surface area is 93.5 Å². The lowest BCUT2D eigenvalue weighted by Gasteiger charge is -2.12. The minimum Gasteiger partial charge on any atom is -0.481 e. The van der Waals surface area contributed by atoms with E-state index in [4.69, 9.17) is 5.11 Å². The molecule has 0 aromatic heterocycles. The van der Waals surface area contributed by atoms with Crippen LogP contribution in [0, 0.1) is 0 Å². The fourth-order valence-electron chi connectivity index (χ4n) is 1.23. The van der Waals surface area contributed by atoms with Gasteiger partial charge in [-0.15, -0.1) is 0 Å². The maximum atomic E-state index is 11.4. The lowest BCUT2D eigenvalue weighted by molar-refractivity contribution is -0.137. The van der Waals surface area contributed by atoms with E-state index >= 15 is 0 Å². The zero-order chi connectivity index (χ0) is 12.0. The molecule has 1 atom stereocenters. The number of rotatable bonds is 4. The SMILES string of the molecule is C[C@@H](CC(=O)O)NC(=O)Nc1ccccc1. The Kier molecular flexibility index (Phi) is 4.32. The first-order chi connectivity index (χ1) is 7.58. The normalized spacial score (nSPS) is 11.6. The molecule has 0 bridgehead atoms. The van der Waals surface area contributed by atoms with Crippen LogP contribution in [0.15, 0.2) is 30.3 Å². The Bertz CT molecular complexity index is 365. The summed E-state index contributed by atoms with van der Waals surface area (Å²) in [7, 11) is 0. The molecule has 1 rings (SSSR count). The molecular formula is C11H14N2O3. The van der Waals surface area contributed by atoms with Gasteiger partial charge in [-0.3, -0.25) is 4.79 Å². The number of para-hydroxylation sites is 1. The molecule has 0 aliphatic carbocycles. The highest BCUT2D eigenvalue weighted by Crippen LogP contribution is 2.04. The summed E-state index contributed by atoms with van der Waals surface area (Å²) in [6.45, 7) is 1.64. The van der Waals surface area contributed by atoms with Gasteiger partial charge in [0.25, 0.3) is 0 Å². The van der Waals surface area contributed by atoms with Crippen molar-refractivity contribution in [1.82, 2.24) is 5.32 Å². The smallest absolute Gasteiger partial charge is 0.319 e. The molecule has 0 saturated carbocycles. The number of aliphatic carboxylic acids is 1. The van der Waals surface area contributed by atoms with Crippen molar-refractivity contribution in [2.45, 2.75) is 19.4 Å². The van der Waals surface area contributed by atoms with Crippen LogP contribution in [0.25, 0.3) is 0 Å². The minimum absolute atomic E-state index is 0.0950. The largest absolute Gasteiger partial charge is 0.481 e. The Hall–Kier alpha value is -2.04. The van der Waals surface area contributed by atoms with E-state index in [2.05, 4.69) is 10.6 Å². The lowest BCUT2D eigenvalue weighted by Crippen LogP contribution is -2.37. The third-order valence-electron chi connectivity index (χ3n) is 1.89. The van der Waals surface area contributed by atoms with Crippen LogP contribution in [0.5, 0.6) is 0 Å². The number of carboxylic acid groups (broad SMARTS) is 1. The molecule has 0 aliphatic rings. The predicted octanol–water partition coefficient (Wildman–Crippen LogP) is 1.67. The number of benzene rings is 1. The van der Waals surface area contributed by atoms with E-state index in [1.165, 1.54) is 0 Å². The first kappa shape index (κ1) is 12.0. The molecule has 0 aliphatic heterocycles. The van der Waals surface area contributed by atoms with Gasteiger partial charge in [0.05, 0.1) is 6.42 Å². The van der Waals surface area contributed by atoms with Gasteiger partial charge in [0.1, 0.15) is 0 Å². The molecule has 3 N–H and O–H groups in total. The molecule has 0 unspecified atom stereocenters. The van der Waals surface area contributed by atoms with Crippen molar-refractivity contribution in [3.05, 3.63) is 30.3 Å². The first-order valence-electron chi connectivity index (χ1n) is 4.92. The fourth-order valence-corrected chi connectivity index (χ4v) is 1.23. The van der Waals surface area contributed by atoms with E-state index in [-0.39, 0.29) is 6.42 Å². The molecule has 5 heteroatoms. The summed E-state index contributed by atoms with van der Waals surface area (Å²) in [6, 6.07) is 8.15. The summed E-state index contributed by atoms with van der Waals surface area (Å²) in [4.78, 5) is 21.8. The zero-order valence-corrected chi connectivity index (χ0v) is 8.93. The van der Waals surface area contributed by atoms with Gasteiger partial charge >= 0.3 is 12.0 Å². The van der Waals surface area contributed by atoms with Crippen molar-refractivity contribution in [2.75, 3.05) is 5.32 Å². The van der Waals surface area contributed by atoms with Crippen molar-refractivity contribution in [3.63, 3.8) is 0 Å². The van der Waals surface area contributed by atoms with Crippen LogP contribution in [0.4, 0.5) is 10.5 Å². The van der Waals surface area contributed by atoms with E-state index in [0.717, 1.165) is 0 Å². The van der Waals surface area contributed by atoms with Crippen molar-refractivity contribution < 1.29 is 14.7 Å². The third-order valence-corrected chi connectivity index (χ3v) is 1.89. The predicted molar refractivity (Wildman–Crippen MR) is 60.3 cm³/mol. The van der Waals surface area contributed by atoms with Crippen LogP contribution in [0.1, 0.15) is 13.3 Å². The number of hydrogen-bond acceptors (Lipinski definition) is 2. The van der Waals surface area contributed by atoms with Gasteiger partial charge in [0.2, 0.25) is 0 Å². The molecule has 0 saturated heterocycles. The number of urea groups is 1. The van der Waals surface area contributed by atoms with Crippen LogP contribution in [-0.4, -0.2) is 23.1 Å². The van der Waals surface area contributed by atoms with E-state index in [0.29, 0.717) is 5.69 Å². The number of amides is 2. The van der Waals surface area contributed by atoms with E-state index in [1.807, 2.05) is 6.07 Å². The molecule has 0 spiro atoms. The molecular weight excluding hydrogens is 208 g/mol. The number of anilines is 1. The number of carbonyl (C=O) groups is 2. The number of hydrogen-bond donors (Lipinski definition) is 3. The van der Waals surface area contributed by atoms with Gasteiger partial charge in [-0.2, -0.15) is 0 Å². The van der Waals surface area contributed by atoms with Gasteiger partial charge in [-0.25, -0.2) is 4.79 Å². The van der Waals surface area contributed by atoms with Gasteiger partial charge in [-0.05, 0) is 19.1 Å².